The number of nitrogens with one attached hydrogen (secondary N) is 1. The molecule has 0 aromatic heterocycles. The van der Waals surface area contributed by atoms with Crippen LogP contribution in [-0.4, -0.2) is 38.2 Å². The lowest BCUT2D eigenvalue weighted by atomic mass is 9.75. The number of benzene rings is 2. The van der Waals surface area contributed by atoms with Gasteiger partial charge in [-0.25, -0.2) is 4.79 Å². The molecule has 0 saturated carbocycles. The van der Waals surface area contributed by atoms with Gasteiger partial charge < -0.3 is 24.3 Å². The predicted octanol–water partition coefficient (Wildman–Crippen LogP) is 5.07. The number of methoxy groups -OCH3 is 1. The monoisotopic (exact) mass is 491 g/mol. The highest BCUT2D eigenvalue weighted by atomic mass is 16.6. The normalized spacial score (nSPS) is 17.5. The van der Waals surface area contributed by atoms with E-state index in [4.69, 9.17) is 18.9 Å². The van der Waals surface area contributed by atoms with E-state index in [0.717, 1.165) is 18.5 Å². The number of para-hydroxylation sites is 2. The van der Waals surface area contributed by atoms with Crippen molar-refractivity contribution in [2.75, 3.05) is 20.3 Å². The SMILES string of the molecule is COc1cccc([C@@H]2C(C(=O)OCCOc3ccccc3)=C(C)NC3=C2C(=O)CCC3)c1OC(C)C. The van der Waals surface area contributed by atoms with Gasteiger partial charge in [0.25, 0.3) is 0 Å². The minimum Gasteiger partial charge on any atom is -0.493 e. The predicted molar refractivity (Wildman–Crippen MR) is 136 cm³/mol. The summed E-state index contributed by atoms with van der Waals surface area (Å²) in [6.07, 6.45) is 1.82. The van der Waals surface area contributed by atoms with E-state index < -0.39 is 11.9 Å². The first kappa shape index (κ1) is 25.4. The van der Waals surface area contributed by atoms with E-state index in [1.807, 2.05) is 69.3 Å². The molecule has 0 saturated heterocycles. The molecule has 1 aliphatic carbocycles. The van der Waals surface area contributed by atoms with Crippen LogP contribution in [0.15, 0.2) is 71.1 Å². The van der Waals surface area contributed by atoms with Crippen molar-refractivity contribution < 1.29 is 28.5 Å². The molecule has 2 aromatic carbocycles. The van der Waals surface area contributed by atoms with Crippen LogP contribution in [0.3, 0.4) is 0 Å². The van der Waals surface area contributed by atoms with Crippen LogP contribution in [0.25, 0.3) is 0 Å². The van der Waals surface area contributed by atoms with Gasteiger partial charge in [-0.05, 0) is 51.8 Å². The van der Waals surface area contributed by atoms with Crippen LogP contribution >= 0.6 is 0 Å². The van der Waals surface area contributed by atoms with Crippen LogP contribution < -0.4 is 19.5 Å². The van der Waals surface area contributed by atoms with Gasteiger partial charge in [0.05, 0.1) is 24.7 Å². The van der Waals surface area contributed by atoms with Gasteiger partial charge in [0.1, 0.15) is 19.0 Å². The quantitative estimate of drug-likeness (QED) is 0.387. The van der Waals surface area contributed by atoms with Crippen molar-refractivity contribution in [3.63, 3.8) is 0 Å². The highest BCUT2D eigenvalue weighted by Gasteiger charge is 2.41. The summed E-state index contributed by atoms with van der Waals surface area (Å²) in [4.78, 5) is 26.7. The fourth-order valence-corrected chi connectivity index (χ4v) is 4.74. The van der Waals surface area contributed by atoms with Crippen LogP contribution in [0.5, 0.6) is 17.2 Å². The molecular weight excluding hydrogens is 458 g/mol. The molecule has 4 rings (SSSR count). The Hall–Kier alpha value is -3.74. The number of rotatable bonds is 9. The Bertz CT molecular complexity index is 1180. The number of ketones is 1. The van der Waals surface area contributed by atoms with Crippen molar-refractivity contribution in [2.24, 2.45) is 0 Å². The first-order valence-corrected chi connectivity index (χ1v) is 12.3. The van der Waals surface area contributed by atoms with E-state index in [1.54, 1.807) is 7.11 Å². The average molecular weight is 492 g/mol. The van der Waals surface area contributed by atoms with Gasteiger partial charge in [-0.15, -0.1) is 0 Å². The fraction of sp³-hybridized carbons (Fsp3) is 0.379. The molecule has 36 heavy (non-hydrogen) atoms. The van der Waals surface area contributed by atoms with Crippen LogP contribution in [0.4, 0.5) is 0 Å². The lowest BCUT2D eigenvalue weighted by Crippen LogP contribution is -2.35. The second-order valence-corrected chi connectivity index (χ2v) is 9.11. The largest absolute Gasteiger partial charge is 0.493 e. The topological polar surface area (TPSA) is 83.1 Å². The second kappa shape index (κ2) is 11.3. The standard InChI is InChI=1S/C29H33NO6/c1-18(2)36-28-21(12-8-15-24(28)33-4)26-25(19(3)30-22-13-9-14-23(31)27(22)26)29(32)35-17-16-34-20-10-6-5-7-11-20/h5-8,10-12,15,18,26,30H,9,13-14,16-17H2,1-4H3/t26-/m1/s1. The lowest BCUT2D eigenvalue weighted by molar-refractivity contribution is -0.140. The second-order valence-electron chi connectivity index (χ2n) is 9.11. The first-order chi connectivity index (χ1) is 17.4. The molecule has 0 spiro atoms. The van der Waals surface area contributed by atoms with Gasteiger partial charge in [-0.1, -0.05) is 30.3 Å². The summed E-state index contributed by atoms with van der Waals surface area (Å²) in [7, 11) is 1.58. The molecule has 190 valence electrons. The molecule has 0 radical (unpaired) electrons. The fourth-order valence-electron chi connectivity index (χ4n) is 4.74. The van der Waals surface area contributed by atoms with Crippen LogP contribution in [-0.2, 0) is 14.3 Å². The maximum atomic E-state index is 13.5. The third kappa shape index (κ3) is 5.40. The van der Waals surface area contributed by atoms with E-state index in [2.05, 4.69) is 5.32 Å². The van der Waals surface area contributed by atoms with Gasteiger partial charge in [0.2, 0.25) is 0 Å². The number of hydrogen-bond acceptors (Lipinski definition) is 7. The smallest absolute Gasteiger partial charge is 0.336 e. The molecule has 0 bridgehead atoms. The van der Waals surface area contributed by atoms with E-state index in [1.165, 1.54) is 0 Å². The van der Waals surface area contributed by atoms with E-state index in [0.29, 0.717) is 46.1 Å². The number of Topliss-reactive ketones (excluding diaryl/α,β-unsaturated/α-hetero) is 1. The Morgan fingerprint density at radius 2 is 1.83 bits per heavy atom. The van der Waals surface area contributed by atoms with Crippen LogP contribution in [0.2, 0.25) is 0 Å². The zero-order chi connectivity index (χ0) is 25.7. The Balaban J connectivity index is 1.68. The molecule has 1 aliphatic heterocycles. The molecule has 0 amide bonds. The van der Waals surface area contributed by atoms with Gasteiger partial charge in [0, 0.05) is 29.0 Å². The first-order valence-electron chi connectivity index (χ1n) is 12.3. The van der Waals surface area contributed by atoms with Crippen molar-refractivity contribution in [1.29, 1.82) is 0 Å². The Kier molecular flexibility index (Phi) is 7.98. The van der Waals surface area contributed by atoms with Crippen molar-refractivity contribution >= 4 is 11.8 Å². The molecule has 1 N–H and O–H groups in total. The highest BCUT2D eigenvalue weighted by Crippen LogP contribution is 2.47. The summed E-state index contributed by atoms with van der Waals surface area (Å²) >= 11 is 0. The number of hydrogen-bond donors (Lipinski definition) is 1. The Morgan fingerprint density at radius 3 is 2.56 bits per heavy atom. The number of allylic oxidation sites excluding steroid dienone is 3. The lowest BCUT2D eigenvalue weighted by Gasteiger charge is -2.35. The summed E-state index contributed by atoms with van der Waals surface area (Å²) in [5.74, 6) is 0.683. The minimum atomic E-state index is -0.625. The van der Waals surface area contributed by atoms with Crippen molar-refractivity contribution in [3.05, 3.63) is 76.6 Å². The molecule has 7 nitrogen and oxygen atoms in total. The summed E-state index contributed by atoms with van der Waals surface area (Å²) in [6, 6.07) is 14.9. The van der Waals surface area contributed by atoms with Gasteiger partial charge in [-0.3, -0.25) is 4.79 Å². The molecule has 7 heteroatoms. The van der Waals surface area contributed by atoms with E-state index >= 15 is 0 Å². The van der Waals surface area contributed by atoms with E-state index in [9.17, 15) is 9.59 Å². The Labute approximate surface area is 212 Å². The number of esters is 1. The third-order valence-corrected chi connectivity index (χ3v) is 6.22. The maximum Gasteiger partial charge on any atom is 0.336 e. The molecular formula is C29H33NO6. The number of carbonyl (C=O) groups is 2. The number of ether oxygens (including phenoxy) is 4. The number of carbonyl (C=O) groups excluding carboxylic acids is 2. The molecule has 1 atom stereocenters. The van der Waals surface area contributed by atoms with Gasteiger partial charge in [0.15, 0.2) is 17.3 Å². The molecule has 0 unspecified atom stereocenters. The maximum absolute atomic E-state index is 13.5. The third-order valence-electron chi connectivity index (χ3n) is 6.22. The summed E-state index contributed by atoms with van der Waals surface area (Å²) in [5.41, 5.74) is 3.22. The molecule has 0 fully saturated rings. The zero-order valence-electron chi connectivity index (χ0n) is 21.3. The van der Waals surface area contributed by atoms with Gasteiger partial charge >= 0.3 is 5.97 Å². The zero-order valence-corrected chi connectivity index (χ0v) is 21.3. The van der Waals surface area contributed by atoms with Crippen molar-refractivity contribution in [3.8, 4) is 17.2 Å². The molecule has 1 heterocycles. The van der Waals surface area contributed by atoms with Crippen LogP contribution in [0.1, 0.15) is 51.5 Å². The van der Waals surface area contributed by atoms with Crippen molar-refractivity contribution in [1.82, 2.24) is 5.32 Å². The Morgan fingerprint density at radius 1 is 1.06 bits per heavy atom. The van der Waals surface area contributed by atoms with Crippen molar-refractivity contribution in [2.45, 2.75) is 52.1 Å². The van der Waals surface area contributed by atoms with Crippen LogP contribution in [0, 0.1) is 0 Å². The minimum absolute atomic E-state index is 0.0253. The summed E-state index contributed by atoms with van der Waals surface area (Å²) < 4.78 is 23.1. The summed E-state index contributed by atoms with van der Waals surface area (Å²) in [5, 5.41) is 3.32. The molecule has 2 aromatic rings. The van der Waals surface area contributed by atoms with E-state index in [-0.39, 0.29) is 25.1 Å². The van der Waals surface area contributed by atoms with Gasteiger partial charge in [-0.2, -0.15) is 0 Å². The average Bonchev–Trinajstić information content (AvgIpc) is 2.86. The number of dihydropyridines is 1. The summed E-state index contributed by atoms with van der Waals surface area (Å²) in [6.45, 7) is 5.99. The highest BCUT2D eigenvalue weighted by molar-refractivity contribution is 6.04. The molecule has 2 aliphatic rings.